The summed E-state index contributed by atoms with van der Waals surface area (Å²) in [5.74, 6) is 0. The predicted molar refractivity (Wildman–Crippen MR) is 57.9 cm³/mol. The Bertz CT molecular complexity index is 704. The zero-order valence-electron chi connectivity index (χ0n) is 12.9. The number of pyridine rings is 1. The highest BCUT2D eigenvalue weighted by Gasteiger charge is 2.03. The first-order valence-electron chi connectivity index (χ1n) is 6.76. The van der Waals surface area contributed by atoms with Gasteiger partial charge in [0.05, 0.1) is 2.74 Å². The third-order valence-electron chi connectivity index (χ3n) is 1.64. The fourth-order valence-corrected chi connectivity index (χ4v) is 1.16. The van der Waals surface area contributed by atoms with Gasteiger partial charge in [-0.25, -0.2) is 9.48 Å². The van der Waals surface area contributed by atoms with Crippen molar-refractivity contribution in [3.63, 3.8) is 0 Å². The van der Waals surface area contributed by atoms with E-state index in [-0.39, 0.29) is 5.65 Å². The number of aryl methyl sites for hydroxylation is 1. The minimum Gasteiger partial charge on any atom is -0.250 e. The third kappa shape index (κ3) is 1.59. The summed E-state index contributed by atoms with van der Waals surface area (Å²) in [6.45, 7) is -2.98. The van der Waals surface area contributed by atoms with Crippen LogP contribution in [0.3, 0.4) is 0 Å². The van der Waals surface area contributed by atoms with E-state index >= 15 is 0 Å². The van der Waals surface area contributed by atoms with Crippen LogP contribution < -0.4 is 5.69 Å². The second kappa shape index (κ2) is 3.96. The molecule has 0 aliphatic heterocycles. The summed E-state index contributed by atoms with van der Waals surface area (Å²) < 4.78 is 47.0. The van der Waals surface area contributed by atoms with E-state index in [4.69, 9.17) is 8.22 Å². The first-order valence-corrected chi connectivity index (χ1v) is 4.55. The highest BCUT2D eigenvalue weighted by molar-refractivity contribution is 9.09. The van der Waals surface area contributed by atoms with Crippen LogP contribution in [0.4, 0.5) is 0 Å². The fourth-order valence-electron chi connectivity index (χ4n) is 1.07. The van der Waals surface area contributed by atoms with Crippen molar-refractivity contribution in [2.75, 3.05) is 5.28 Å². The van der Waals surface area contributed by atoms with Crippen LogP contribution in [0.5, 0.6) is 0 Å². The van der Waals surface area contributed by atoms with Crippen molar-refractivity contribution >= 4 is 21.6 Å². The van der Waals surface area contributed by atoms with Crippen molar-refractivity contribution in [1.29, 1.82) is 0 Å². The van der Waals surface area contributed by atoms with Crippen molar-refractivity contribution < 1.29 is 8.22 Å². The molecule has 2 heterocycles. The third-order valence-corrected chi connectivity index (χ3v) is 1.84. The molecular weight excluding hydrogens is 246 g/mol. The average molecular weight is 262 g/mol. The molecule has 0 aromatic carbocycles. The van der Waals surface area contributed by atoms with Crippen LogP contribution in [0.15, 0.2) is 29.2 Å². The van der Waals surface area contributed by atoms with Gasteiger partial charge in [-0.15, -0.1) is 5.10 Å². The summed E-state index contributed by atoms with van der Waals surface area (Å²) in [5.41, 5.74) is -0.737. The minimum atomic E-state index is -3.03. The zero-order valence-corrected chi connectivity index (χ0v) is 8.52. The summed E-state index contributed by atoms with van der Waals surface area (Å²) in [5, 5.41) is 1.05. The Morgan fingerprint density at radius 1 is 1.57 bits per heavy atom. The van der Waals surface area contributed by atoms with Crippen LogP contribution in [0.25, 0.3) is 5.65 Å². The highest BCUT2D eigenvalue weighted by atomic mass is 79.9. The van der Waals surface area contributed by atoms with Gasteiger partial charge < -0.3 is 0 Å². The van der Waals surface area contributed by atoms with E-state index < -0.39 is 23.8 Å². The molecule has 0 fully saturated rings. The molecule has 0 unspecified atom stereocenters. The van der Waals surface area contributed by atoms with Crippen LogP contribution in [-0.4, -0.2) is 19.5 Å². The molecule has 2 aromatic rings. The summed E-state index contributed by atoms with van der Waals surface area (Å²) in [6, 6.07) is 4.61. The molecule has 2 aromatic heterocycles. The van der Waals surface area contributed by atoms with Crippen molar-refractivity contribution in [2.45, 2.75) is 12.9 Å². The Labute approximate surface area is 97.7 Å². The molecule has 0 aliphatic rings. The molecule has 4 nitrogen and oxygen atoms in total. The van der Waals surface area contributed by atoms with Gasteiger partial charge in [0.15, 0.2) is 5.65 Å². The normalized spacial score (nSPS) is 20.4. The second-order valence-corrected chi connectivity index (χ2v) is 2.85. The van der Waals surface area contributed by atoms with E-state index in [0.29, 0.717) is 4.68 Å². The number of alkyl halides is 1. The number of rotatable bonds is 3. The van der Waals surface area contributed by atoms with Gasteiger partial charge >= 0.3 is 5.69 Å². The Morgan fingerprint density at radius 3 is 3.14 bits per heavy atom. The molecule has 0 saturated heterocycles. The van der Waals surface area contributed by atoms with Gasteiger partial charge in [0.25, 0.3) is 0 Å². The Morgan fingerprint density at radius 2 is 2.43 bits per heavy atom. The average Bonchev–Trinajstić information content (AvgIpc) is 2.66. The van der Waals surface area contributed by atoms with Gasteiger partial charge in [0.2, 0.25) is 0 Å². The van der Waals surface area contributed by atoms with E-state index in [1.165, 1.54) is 12.3 Å². The molecule has 0 N–H and O–H groups in total. The number of fused-ring (bicyclic) bond motifs is 1. The smallest absolute Gasteiger partial charge is 0.250 e. The van der Waals surface area contributed by atoms with Gasteiger partial charge in [-0.3, -0.25) is 4.40 Å². The SMILES string of the molecule is [2H]C([2H])(Br)C([2H])([2H])C([2H])([2H])n1nc2ccccn2c1=O. The van der Waals surface area contributed by atoms with E-state index in [0.717, 1.165) is 4.40 Å². The molecule has 2 rings (SSSR count). The van der Waals surface area contributed by atoms with Gasteiger partial charge in [0, 0.05) is 23.5 Å². The lowest BCUT2D eigenvalue weighted by molar-refractivity contribution is 0.586. The summed E-state index contributed by atoms with van der Waals surface area (Å²) in [7, 11) is 0. The minimum absolute atomic E-state index is 0.146. The van der Waals surface area contributed by atoms with Crippen molar-refractivity contribution in [2.24, 2.45) is 0 Å². The number of nitrogens with zero attached hydrogens (tertiary/aromatic N) is 3. The first kappa shape index (κ1) is 4.61. The molecule has 0 saturated carbocycles. The first-order chi connectivity index (χ1) is 9.00. The van der Waals surface area contributed by atoms with Gasteiger partial charge in [-0.05, 0) is 18.5 Å². The molecule has 0 atom stereocenters. The second-order valence-electron chi connectivity index (χ2n) is 2.45. The lowest BCUT2D eigenvalue weighted by Gasteiger charge is -1.93. The maximum atomic E-state index is 12.1. The van der Waals surface area contributed by atoms with Crippen molar-refractivity contribution in [3.05, 3.63) is 34.9 Å². The van der Waals surface area contributed by atoms with Crippen LogP contribution in [0.1, 0.15) is 14.6 Å². The van der Waals surface area contributed by atoms with Crippen molar-refractivity contribution in [3.8, 4) is 0 Å². The lowest BCUT2D eigenvalue weighted by atomic mass is 10.5. The molecule has 5 heteroatoms. The highest BCUT2D eigenvalue weighted by Crippen LogP contribution is 1.96. The van der Waals surface area contributed by atoms with Gasteiger partial charge in [-0.1, -0.05) is 22.0 Å². The Balaban J connectivity index is 2.69. The van der Waals surface area contributed by atoms with Gasteiger partial charge in [0.1, 0.15) is 0 Å². The number of hydrogen-bond donors (Lipinski definition) is 0. The predicted octanol–water partition coefficient (Wildman–Crippen LogP) is 1.28. The van der Waals surface area contributed by atoms with E-state index in [1.807, 2.05) is 0 Å². The quantitative estimate of drug-likeness (QED) is 0.782. The number of halogens is 1. The topological polar surface area (TPSA) is 39.3 Å². The summed E-state index contributed by atoms with van der Waals surface area (Å²) in [4.78, 5) is 12.1. The van der Waals surface area contributed by atoms with Crippen molar-refractivity contribution in [1.82, 2.24) is 14.2 Å². The lowest BCUT2D eigenvalue weighted by Crippen LogP contribution is -2.21. The van der Waals surface area contributed by atoms with Crippen LogP contribution in [0.2, 0.25) is 0 Å². The van der Waals surface area contributed by atoms with Crippen LogP contribution in [-0.2, 0) is 6.50 Å². The van der Waals surface area contributed by atoms with E-state index in [2.05, 4.69) is 21.0 Å². The molecular formula is C9H10BrN3O. The number of hydrogen-bond acceptors (Lipinski definition) is 2. The summed E-state index contributed by atoms with van der Waals surface area (Å²) >= 11 is 2.47. The maximum Gasteiger partial charge on any atom is 0.350 e. The Kier molecular flexibility index (Phi) is 1.30. The molecule has 0 amide bonds. The maximum absolute atomic E-state index is 12.1. The van der Waals surface area contributed by atoms with Gasteiger partial charge in [-0.2, -0.15) is 0 Å². The molecule has 0 radical (unpaired) electrons. The summed E-state index contributed by atoms with van der Waals surface area (Å²) in [6.07, 6.45) is -1.66. The molecule has 0 bridgehead atoms. The fraction of sp³-hybridized carbons (Fsp3) is 0.333. The van der Waals surface area contributed by atoms with Crippen LogP contribution >= 0.6 is 15.9 Å². The molecule has 14 heavy (non-hydrogen) atoms. The standard InChI is InChI=1S/C9H10BrN3O/c10-5-3-7-13-9(14)12-6-2-1-4-8(12)11-13/h1-2,4,6H,3,5,7H2/i3D2,5D2,7D2. The number of aromatic nitrogens is 3. The van der Waals surface area contributed by atoms with E-state index in [1.54, 1.807) is 12.1 Å². The Hall–Kier alpha value is -1.10. The molecule has 0 aliphatic carbocycles. The molecule has 74 valence electrons. The van der Waals surface area contributed by atoms with E-state index in [9.17, 15) is 4.79 Å². The largest absolute Gasteiger partial charge is 0.350 e. The van der Waals surface area contributed by atoms with Crippen LogP contribution in [0, 0.1) is 0 Å². The molecule has 0 spiro atoms. The monoisotopic (exact) mass is 261 g/mol. The zero-order chi connectivity index (χ0) is 15.3.